The zero-order valence-electron chi connectivity index (χ0n) is 12.6. The topological polar surface area (TPSA) is 81.2 Å². The summed E-state index contributed by atoms with van der Waals surface area (Å²) in [7, 11) is -1.77. The van der Waals surface area contributed by atoms with Crippen LogP contribution in [0.15, 0.2) is 36.7 Å². The van der Waals surface area contributed by atoms with Crippen molar-refractivity contribution in [2.45, 2.75) is 20.0 Å². The number of ether oxygens (including phenoxy) is 1. The van der Waals surface area contributed by atoms with Crippen molar-refractivity contribution in [3.05, 3.63) is 42.2 Å². The maximum absolute atomic E-state index is 11.9. The fourth-order valence-corrected chi connectivity index (χ4v) is 3.10. The molecule has 1 N–H and O–H groups in total. The second-order valence-corrected chi connectivity index (χ2v) is 6.65. The molecule has 0 aliphatic heterocycles. The van der Waals surface area contributed by atoms with Crippen LogP contribution in [0.25, 0.3) is 11.3 Å². The molecule has 1 aromatic heterocycles. The molecule has 0 amide bonds. The van der Waals surface area contributed by atoms with Gasteiger partial charge in [0.05, 0.1) is 12.4 Å². The van der Waals surface area contributed by atoms with Crippen LogP contribution in [0.1, 0.15) is 18.9 Å². The molecular formula is C15H19N3O3S. The Balaban J connectivity index is 2.32. The molecule has 1 aromatic carbocycles. The van der Waals surface area contributed by atoms with Crippen molar-refractivity contribution in [2.75, 3.05) is 17.6 Å². The number of nitrogens with one attached hydrogen (secondary N) is 1. The smallest absolute Gasteiger partial charge is 0.233 e. The third kappa shape index (κ3) is 4.25. The third-order valence-electron chi connectivity index (χ3n) is 2.96. The predicted molar refractivity (Wildman–Crippen MR) is 85.9 cm³/mol. The van der Waals surface area contributed by atoms with Gasteiger partial charge in [-0.1, -0.05) is 31.2 Å². The van der Waals surface area contributed by atoms with E-state index in [1.807, 2.05) is 31.2 Å². The van der Waals surface area contributed by atoms with E-state index in [1.165, 1.54) is 12.4 Å². The van der Waals surface area contributed by atoms with Crippen LogP contribution in [-0.2, 0) is 21.4 Å². The highest BCUT2D eigenvalue weighted by atomic mass is 32.2. The van der Waals surface area contributed by atoms with Gasteiger partial charge >= 0.3 is 0 Å². The van der Waals surface area contributed by atoms with E-state index < -0.39 is 10.0 Å². The summed E-state index contributed by atoms with van der Waals surface area (Å²) in [5.41, 5.74) is 2.33. The fraction of sp³-hybridized carbons (Fsp3) is 0.333. The Bertz CT molecular complexity index is 715. The fourth-order valence-electron chi connectivity index (χ4n) is 2.02. The van der Waals surface area contributed by atoms with Gasteiger partial charge in [-0.2, -0.15) is 0 Å². The Labute approximate surface area is 130 Å². The summed E-state index contributed by atoms with van der Waals surface area (Å²) >= 11 is 0. The maximum atomic E-state index is 11.9. The molecule has 0 saturated heterocycles. The summed E-state index contributed by atoms with van der Waals surface area (Å²) in [4.78, 5) is 8.35. The number of sulfonamides is 1. The van der Waals surface area contributed by atoms with Crippen LogP contribution in [0.5, 0.6) is 0 Å². The number of methoxy groups -OCH3 is 1. The first-order chi connectivity index (χ1) is 10.6. The van der Waals surface area contributed by atoms with Crippen molar-refractivity contribution in [3.8, 4) is 11.3 Å². The van der Waals surface area contributed by atoms with Gasteiger partial charge in [-0.15, -0.1) is 0 Å². The lowest BCUT2D eigenvalue weighted by Gasteiger charge is -2.10. The first kappa shape index (κ1) is 16.4. The summed E-state index contributed by atoms with van der Waals surface area (Å²) in [6, 6.07) is 7.57. The number of benzene rings is 1. The van der Waals surface area contributed by atoms with Crippen LogP contribution >= 0.6 is 0 Å². The monoisotopic (exact) mass is 321 g/mol. The molecule has 0 aliphatic rings. The van der Waals surface area contributed by atoms with E-state index in [0.29, 0.717) is 18.7 Å². The average Bonchev–Trinajstić information content (AvgIpc) is 2.48. The molecule has 118 valence electrons. The molecule has 0 radical (unpaired) electrons. The summed E-state index contributed by atoms with van der Waals surface area (Å²) in [5, 5.41) is 0. The lowest BCUT2D eigenvalue weighted by atomic mass is 10.1. The molecule has 2 rings (SSSR count). The molecule has 0 aliphatic carbocycles. The summed E-state index contributed by atoms with van der Waals surface area (Å²) in [6.07, 6.45) is 3.54. The first-order valence-electron chi connectivity index (χ1n) is 6.95. The van der Waals surface area contributed by atoms with Gasteiger partial charge in [-0.3, -0.25) is 9.71 Å². The number of anilines is 1. The van der Waals surface area contributed by atoms with Crippen LogP contribution < -0.4 is 4.72 Å². The molecule has 7 heteroatoms. The Morgan fingerprint density at radius 1 is 1.14 bits per heavy atom. The van der Waals surface area contributed by atoms with Gasteiger partial charge in [0.15, 0.2) is 5.82 Å². The molecule has 0 atom stereocenters. The highest BCUT2D eigenvalue weighted by Gasteiger charge is 2.14. The van der Waals surface area contributed by atoms with Crippen LogP contribution in [0.3, 0.4) is 0 Å². The first-order valence-corrected chi connectivity index (χ1v) is 8.60. The summed E-state index contributed by atoms with van der Waals surface area (Å²) in [5.74, 6) is 0.297. The minimum atomic E-state index is -3.40. The van der Waals surface area contributed by atoms with Crippen molar-refractivity contribution < 1.29 is 13.2 Å². The van der Waals surface area contributed by atoms with Crippen molar-refractivity contribution in [1.29, 1.82) is 0 Å². The molecule has 0 unspecified atom stereocenters. The molecule has 1 heterocycles. The van der Waals surface area contributed by atoms with E-state index in [9.17, 15) is 8.42 Å². The number of rotatable bonds is 7. The highest BCUT2D eigenvalue weighted by molar-refractivity contribution is 7.92. The van der Waals surface area contributed by atoms with Crippen LogP contribution in [0.4, 0.5) is 5.82 Å². The Kier molecular flexibility index (Phi) is 5.46. The third-order valence-corrected chi connectivity index (χ3v) is 4.41. The Morgan fingerprint density at radius 2 is 1.82 bits per heavy atom. The Morgan fingerprint density at radius 3 is 2.45 bits per heavy atom. The Hall–Kier alpha value is -1.99. The van der Waals surface area contributed by atoms with E-state index in [4.69, 9.17) is 4.74 Å². The highest BCUT2D eigenvalue weighted by Crippen LogP contribution is 2.24. The van der Waals surface area contributed by atoms with Crippen LogP contribution in [0.2, 0.25) is 0 Å². The molecule has 6 nitrogen and oxygen atoms in total. The molecule has 0 bridgehead atoms. The van der Waals surface area contributed by atoms with Gasteiger partial charge < -0.3 is 4.74 Å². The van der Waals surface area contributed by atoms with Crippen LogP contribution in [-0.4, -0.2) is 31.2 Å². The van der Waals surface area contributed by atoms with Crippen molar-refractivity contribution in [2.24, 2.45) is 0 Å². The predicted octanol–water partition coefficient (Wildman–Crippen LogP) is 2.44. The number of aromatic nitrogens is 2. The lowest BCUT2D eigenvalue weighted by molar-refractivity contribution is 0.185. The number of hydrogen-bond donors (Lipinski definition) is 1. The average molecular weight is 321 g/mol. The van der Waals surface area contributed by atoms with Gasteiger partial charge in [0, 0.05) is 25.1 Å². The van der Waals surface area contributed by atoms with E-state index >= 15 is 0 Å². The summed E-state index contributed by atoms with van der Waals surface area (Å²) in [6.45, 7) is 2.34. The van der Waals surface area contributed by atoms with Gasteiger partial charge in [0.2, 0.25) is 10.0 Å². The van der Waals surface area contributed by atoms with E-state index in [2.05, 4.69) is 14.7 Å². The number of nitrogens with zero attached hydrogens (tertiary/aromatic N) is 2. The summed E-state index contributed by atoms with van der Waals surface area (Å²) < 4.78 is 31.4. The normalized spacial score (nSPS) is 11.4. The minimum absolute atomic E-state index is 0.0514. The largest absolute Gasteiger partial charge is 0.380 e. The van der Waals surface area contributed by atoms with E-state index in [-0.39, 0.29) is 11.6 Å². The van der Waals surface area contributed by atoms with Gasteiger partial charge in [-0.05, 0) is 12.0 Å². The molecule has 0 fully saturated rings. The maximum Gasteiger partial charge on any atom is 0.233 e. The lowest BCUT2D eigenvalue weighted by Crippen LogP contribution is -2.17. The zero-order valence-corrected chi connectivity index (χ0v) is 13.4. The van der Waals surface area contributed by atoms with E-state index in [1.54, 1.807) is 7.11 Å². The van der Waals surface area contributed by atoms with Crippen molar-refractivity contribution in [3.63, 3.8) is 0 Å². The second-order valence-electron chi connectivity index (χ2n) is 4.80. The number of hydrogen-bond acceptors (Lipinski definition) is 5. The van der Waals surface area contributed by atoms with Crippen LogP contribution in [0, 0.1) is 0 Å². The molecule has 0 saturated carbocycles. The second kappa shape index (κ2) is 7.33. The van der Waals surface area contributed by atoms with Gasteiger partial charge in [0.25, 0.3) is 0 Å². The van der Waals surface area contributed by atoms with Gasteiger partial charge in [0.1, 0.15) is 5.69 Å². The SMILES string of the molecule is CCCS(=O)(=O)Nc1nccnc1-c1ccc(COC)cc1. The minimum Gasteiger partial charge on any atom is -0.380 e. The zero-order chi connectivity index (χ0) is 16.0. The molecular weight excluding hydrogens is 302 g/mol. The van der Waals surface area contributed by atoms with Crippen molar-refractivity contribution in [1.82, 2.24) is 9.97 Å². The van der Waals surface area contributed by atoms with Gasteiger partial charge in [-0.25, -0.2) is 13.4 Å². The standard InChI is InChI=1S/C15H19N3O3S/c1-3-10-22(19,20)18-15-14(16-8-9-17-15)13-6-4-12(5-7-13)11-21-2/h4-9H,3,10-11H2,1-2H3,(H,17,18). The molecule has 0 spiro atoms. The molecule has 2 aromatic rings. The van der Waals surface area contributed by atoms with Crippen molar-refractivity contribution >= 4 is 15.8 Å². The van der Waals surface area contributed by atoms with E-state index in [0.717, 1.165) is 11.1 Å². The molecule has 22 heavy (non-hydrogen) atoms. The quantitative estimate of drug-likeness (QED) is 0.847.